The number of nitrogen functional groups attached to an aromatic ring is 1. The highest BCUT2D eigenvalue weighted by molar-refractivity contribution is 5.94. The number of nitrogens with one attached hydrogen (secondary N) is 1. The average molecular weight is 266 g/mol. The molecule has 0 aliphatic rings. The molecule has 0 fully saturated rings. The van der Waals surface area contributed by atoms with Gasteiger partial charge in [-0.1, -0.05) is 13.3 Å². The fraction of sp³-hybridized carbons (Fsp3) is 0.500. The molecule has 0 radical (unpaired) electrons. The fourth-order valence-corrected chi connectivity index (χ4v) is 1.62. The molecule has 0 bridgehead atoms. The van der Waals surface area contributed by atoms with E-state index in [9.17, 15) is 4.79 Å². The van der Waals surface area contributed by atoms with Crippen molar-refractivity contribution in [3.63, 3.8) is 0 Å². The van der Waals surface area contributed by atoms with E-state index in [-0.39, 0.29) is 11.3 Å². The van der Waals surface area contributed by atoms with E-state index in [2.05, 4.69) is 12.2 Å². The number of anilines is 2. The monoisotopic (exact) mass is 266 g/mol. The summed E-state index contributed by atoms with van der Waals surface area (Å²) in [5.41, 5.74) is 6.90. The van der Waals surface area contributed by atoms with Gasteiger partial charge in [0.25, 0.3) is 0 Å². The number of ether oxygens (including phenoxy) is 1. The molecule has 5 nitrogen and oxygen atoms in total. The number of hydrogen-bond donors (Lipinski definition) is 3. The highest BCUT2D eigenvalue weighted by Crippen LogP contribution is 2.17. The van der Waals surface area contributed by atoms with Crippen LogP contribution in [-0.2, 0) is 4.74 Å². The zero-order valence-electron chi connectivity index (χ0n) is 11.3. The first kappa shape index (κ1) is 15.3. The van der Waals surface area contributed by atoms with E-state index < -0.39 is 5.97 Å². The first-order chi connectivity index (χ1) is 9.15. The summed E-state index contributed by atoms with van der Waals surface area (Å²) in [6, 6.07) is 4.87. The van der Waals surface area contributed by atoms with Crippen molar-refractivity contribution in [1.82, 2.24) is 0 Å². The van der Waals surface area contributed by atoms with Crippen LogP contribution in [0.1, 0.15) is 36.5 Å². The average Bonchev–Trinajstić information content (AvgIpc) is 2.37. The molecule has 1 rings (SSSR count). The summed E-state index contributed by atoms with van der Waals surface area (Å²) in [7, 11) is 0. The predicted octanol–water partition coefficient (Wildman–Crippen LogP) is 2.59. The Morgan fingerprint density at radius 3 is 2.74 bits per heavy atom. The summed E-state index contributed by atoms with van der Waals surface area (Å²) >= 11 is 0. The third-order valence-corrected chi connectivity index (χ3v) is 2.72. The number of rotatable bonds is 9. The Morgan fingerprint density at radius 1 is 1.37 bits per heavy atom. The normalized spacial score (nSPS) is 10.4. The van der Waals surface area contributed by atoms with E-state index in [0.717, 1.165) is 44.7 Å². The SMILES string of the molecule is CCCCOCCCNc1ccc(C(=O)O)c(N)c1. The molecule has 0 saturated heterocycles. The second kappa shape index (κ2) is 8.37. The zero-order valence-corrected chi connectivity index (χ0v) is 11.3. The Kier molecular flexibility index (Phi) is 6.74. The molecule has 106 valence electrons. The molecule has 0 heterocycles. The largest absolute Gasteiger partial charge is 0.478 e. The Hall–Kier alpha value is -1.75. The van der Waals surface area contributed by atoms with Gasteiger partial charge in [-0.25, -0.2) is 4.79 Å². The number of aromatic carboxylic acids is 1. The summed E-state index contributed by atoms with van der Waals surface area (Å²) in [6.45, 7) is 4.46. The number of carboxylic acid groups (broad SMARTS) is 1. The van der Waals surface area contributed by atoms with Gasteiger partial charge in [-0.15, -0.1) is 0 Å². The standard InChI is InChI=1S/C14H22N2O3/c1-2-3-8-19-9-4-7-16-11-5-6-12(14(17)18)13(15)10-11/h5-6,10,16H,2-4,7-9,15H2,1H3,(H,17,18). The van der Waals surface area contributed by atoms with Crippen LogP contribution in [0.25, 0.3) is 0 Å². The van der Waals surface area contributed by atoms with Gasteiger partial charge in [-0.3, -0.25) is 0 Å². The molecule has 1 aromatic carbocycles. The minimum Gasteiger partial charge on any atom is -0.478 e. The predicted molar refractivity (Wildman–Crippen MR) is 76.6 cm³/mol. The first-order valence-corrected chi connectivity index (χ1v) is 6.59. The van der Waals surface area contributed by atoms with E-state index >= 15 is 0 Å². The maximum absolute atomic E-state index is 10.8. The minimum absolute atomic E-state index is 0.133. The van der Waals surface area contributed by atoms with E-state index in [1.165, 1.54) is 6.07 Å². The second-order valence-electron chi connectivity index (χ2n) is 4.35. The van der Waals surface area contributed by atoms with Gasteiger partial charge < -0.3 is 20.9 Å². The van der Waals surface area contributed by atoms with Gasteiger partial charge in [-0.05, 0) is 31.0 Å². The molecule has 0 amide bonds. The van der Waals surface area contributed by atoms with Crippen molar-refractivity contribution in [2.45, 2.75) is 26.2 Å². The number of hydrogen-bond acceptors (Lipinski definition) is 4. The molecular weight excluding hydrogens is 244 g/mol. The van der Waals surface area contributed by atoms with E-state index in [0.29, 0.717) is 0 Å². The summed E-state index contributed by atoms with van der Waals surface area (Å²) in [5.74, 6) is -1.01. The number of carbonyl (C=O) groups is 1. The van der Waals surface area contributed by atoms with Gasteiger partial charge in [0.05, 0.1) is 5.56 Å². The van der Waals surface area contributed by atoms with Crippen LogP contribution in [0.5, 0.6) is 0 Å². The van der Waals surface area contributed by atoms with Crippen molar-refractivity contribution >= 4 is 17.3 Å². The fourth-order valence-electron chi connectivity index (χ4n) is 1.62. The maximum atomic E-state index is 10.8. The molecule has 5 heteroatoms. The third-order valence-electron chi connectivity index (χ3n) is 2.72. The molecule has 4 N–H and O–H groups in total. The molecule has 0 saturated carbocycles. The lowest BCUT2D eigenvalue weighted by Gasteiger charge is -2.09. The number of carboxylic acids is 1. The van der Waals surface area contributed by atoms with E-state index in [4.69, 9.17) is 15.6 Å². The highest BCUT2D eigenvalue weighted by Gasteiger charge is 2.07. The first-order valence-electron chi connectivity index (χ1n) is 6.59. The van der Waals surface area contributed by atoms with Gasteiger partial charge in [0.1, 0.15) is 0 Å². The van der Waals surface area contributed by atoms with Crippen molar-refractivity contribution in [1.29, 1.82) is 0 Å². The van der Waals surface area contributed by atoms with Crippen LogP contribution in [0.15, 0.2) is 18.2 Å². The molecule has 0 aliphatic carbocycles. The van der Waals surface area contributed by atoms with Crippen LogP contribution in [0.4, 0.5) is 11.4 Å². The van der Waals surface area contributed by atoms with Crippen LogP contribution < -0.4 is 11.1 Å². The van der Waals surface area contributed by atoms with Crippen molar-refractivity contribution in [3.8, 4) is 0 Å². The molecule has 19 heavy (non-hydrogen) atoms. The molecule has 0 unspecified atom stereocenters. The highest BCUT2D eigenvalue weighted by atomic mass is 16.5. The van der Waals surface area contributed by atoms with Crippen molar-refractivity contribution in [2.75, 3.05) is 30.8 Å². The lowest BCUT2D eigenvalue weighted by atomic mass is 10.1. The van der Waals surface area contributed by atoms with Crippen LogP contribution in [0.2, 0.25) is 0 Å². The van der Waals surface area contributed by atoms with E-state index in [1.807, 2.05) is 0 Å². The topological polar surface area (TPSA) is 84.6 Å². The molecule has 0 aliphatic heterocycles. The Balaban J connectivity index is 2.26. The van der Waals surface area contributed by atoms with Crippen LogP contribution in [0, 0.1) is 0 Å². The summed E-state index contributed by atoms with van der Waals surface area (Å²) in [4.78, 5) is 10.8. The number of nitrogens with two attached hydrogens (primary N) is 1. The number of benzene rings is 1. The third kappa shape index (κ3) is 5.61. The van der Waals surface area contributed by atoms with Gasteiger partial charge in [0, 0.05) is 31.1 Å². The van der Waals surface area contributed by atoms with Gasteiger partial charge in [-0.2, -0.15) is 0 Å². The van der Waals surface area contributed by atoms with Gasteiger partial charge in [0.2, 0.25) is 0 Å². The molecule has 0 spiro atoms. The molecule has 0 aromatic heterocycles. The van der Waals surface area contributed by atoms with Crippen LogP contribution in [-0.4, -0.2) is 30.8 Å². The summed E-state index contributed by atoms with van der Waals surface area (Å²) in [5, 5.41) is 12.0. The lowest BCUT2D eigenvalue weighted by molar-refractivity contribution is 0.0698. The minimum atomic E-state index is -1.01. The number of unbranched alkanes of at least 4 members (excludes halogenated alkanes) is 1. The summed E-state index contributed by atoms with van der Waals surface area (Å²) < 4.78 is 5.44. The quantitative estimate of drug-likeness (QED) is 0.472. The van der Waals surface area contributed by atoms with Crippen molar-refractivity contribution < 1.29 is 14.6 Å². The molecule has 0 atom stereocenters. The van der Waals surface area contributed by atoms with Crippen LogP contribution in [0.3, 0.4) is 0 Å². The molecular formula is C14H22N2O3. The van der Waals surface area contributed by atoms with Crippen molar-refractivity contribution in [3.05, 3.63) is 23.8 Å². The smallest absolute Gasteiger partial charge is 0.337 e. The van der Waals surface area contributed by atoms with Crippen molar-refractivity contribution in [2.24, 2.45) is 0 Å². The maximum Gasteiger partial charge on any atom is 0.337 e. The molecule has 1 aromatic rings. The second-order valence-corrected chi connectivity index (χ2v) is 4.35. The van der Waals surface area contributed by atoms with Gasteiger partial charge in [0.15, 0.2) is 0 Å². The van der Waals surface area contributed by atoms with Gasteiger partial charge >= 0.3 is 5.97 Å². The van der Waals surface area contributed by atoms with Crippen LogP contribution >= 0.6 is 0 Å². The zero-order chi connectivity index (χ0) is 14.1. The lowest BCUT2D eigenvalue weighted by Crippen LogP contribution is -2.08. The Morgan fingerprint density at radius 2 is 2.11 bits per heavy atom. The summed E-state index contributed by atoms with van der Waals surface area (Å²) in [6.07, 6.45) is 3.15. The Bertz CT molecular complexity index is 408. The van der Waals surface area contributed by atoms with E-state index in [1.54, 1.807) is 12.1 Å². The Labute approximate surface area is 113 Å².